The van der Waals surface area contributed by atoms with E-state index in [4.69, 9.17) is 22.1 Å². The van der Waals surface area contributed by atoms with Crippen molar-refractivity contribution in [2.24, 2.45) is 5.73 Å². The van der Waals surface area contributed by atoms with Gasteiger partial charge in [-0.2, -0.15) is 0 Å². The summed E-state index contributed by atoms with van der Waals surface area (Å²) >= 11 is 5.86. The Morgan fingerprint density at radius 1 is 1.28 bits per heavy atom. The minimum atomic E-state index is -0.424. The van der Waals surface area contributed by atoms with Crippen LogP contribution in [0.4, 0.5) is 4.39 Å². The van der Waals surface area contributed by atoms with Crippen molar-refractivity contribution in [3.8, 4) is 11.5 Å². The van der Waals surface area contributed by atoms with E-state index in [2.05, 4.69) is 0 Å². The fourth-order valence-electron chi connectivity index (χ4n) is 1.67. The van der Waals surface area contributed by atoms with Crippen LogP contribution < -0.4 is 10.5 Å². The maximum Gasteiger partial charge on any atom is 0.167 e. The number of nitrogens with two attached hydrogens (primary N) is 1. The van der Waals surface area contributed by atoms with Crippen LogP contribution in [0.1, 0.15) is 11.1 Å². The summed E-state index contributed by atoms with van der Waals surface area (Å²) in [5.41, 5.74) is 7.04. The quantitative estimate of drug-likeness (QED) is 0.909. The first kappa shape index (κ1) is 12.9. The highest BCUT2D eigenvalue weighted by Crippen LogP contribution is 2.31. The van der Waals surface area contributed by atoms with Crippen LogP contribution in [0.5, 0.6) is 11.5 Å². The van der Waals surface area contributed by atoms with Crippen LogP contribution in [0.25, 0.3) is 0 Å². The predicted octanol–water partition coefficient (Wildman–Crippen LogP) is 4.04. The van der Waals surface area contributed by atoms with Crippen LogP contribution >= 0.6 is 11.6 Å². The first-order chi connectivity index (χ1) is 8.61. The van der Waals surface area contributed by atoms with Crippen molar-refractivity contribution in [2.45, 2.75) is 13.5 Å². The molecule has 0 aromatic heterocycles. The van der Waals surface area contributed by atoms with Crippen molar-refractivity contribution >= 4 is 11.6 Å². The van der Waals surface area contributed by atoms with Crippen molar-refractivity contribution in [1.29, 1.82) is 0 Å². The molecular formula is C14H13ClFNO. The second kappa shape index (κ2) is 5.38. The Morgan fingerprint density at radius 3 is 2.72 bits per heavy atom. The molecule has 0 amide bonds. The van der Waals surface area contributed by atoms with Gasteiger partial charge in [-0.15, -0.1) is 0 Å². The maximum absolute atomic E-state index is 13.7. The molecular weight excluding hydrogens is 253 g/mol. The number of ether oxygens (including phenoxy) is 1. The summed E-state index contributed by atoms with van der Waals surface area (Å²) in [4.78, 5) is 0. The summed E-state index contributed by atoms with van der Waals surface area (Å²) < 4.78 is 19.3. The topological polar surface area (TPSA) is 35.2 Å². The highest BCUT2D eigenvalue weighted by atomic mass is 35.5. The largest absolute Gasteiger partial charge is 0.454 e. The van der Waals surface area contributed by atoms with Crippen LogP contribution in [-0.2, 0) is 6.54 Å². The molecule has 0 heterocycles. The molecule has 0 aliphatic rings. The van der Waals surface area contributed by atoms with E-state index in [1.165, 1.54) is 6.07 Å². The molecule has 2 nitrogen and oxygen atoms in total. The average Bonchev–Trinajstić information content (AvgIpc) is 2.34. The zero-order chi connectivity index (χ0) is 13.1. The smallest absolute Gasteiger partial charge is 0.167 e. The Hall–Kier alpha value is -1.58. The summed E-state index contributed by atoms with van der Waals surface area (Å²) in [5.74, 6) is 0.317. The lowest BCUT2D eigenvalue weighted by Crippen LogP contribution is -2.01. The average molecular weight is 266 g/mol. The highest BCUT2D eigenvalue weighted by molar-refractivity contribution is 6.30. The maximum atomic E-state index is 13.7. The summed E-state index contributed by atoms with van der Waals surface area (Å²) in [5, 5.41) is 0.618. The number of aryl methyl sites for hydroxylation is 1. The van der Waals surface area contributed by atoms with E-state index < -0.39 is 5.82 Å². The van der Waals surface area contributed by atoms with Crippen LogP contribution in [0.3, 0.4) is 0 Å². The van der Waals surface area contributed by atoms with E-state index in [1.54, 1.807) is 30.3 Å². The molecule has 0 unspecified atom stereocenters. The Morgan fingerprint density at radius 2 is 2.06 bits per heavy atom. The molecule has 0 radical (unpaired) electrons. The lowest BCUT2D eigenvalue weighted by Gasteiger charge is -2.12. The Balaban J connectivity index is 2.39. The summed E-state index contributed by atoms with van der Waals surface area (Å²) in [6, 6.07) is 9.87. The lowest BCUT2D eigenvalue weighted by molar-refractivity contribution is 0.434. The van der Waals surface area contributed by atoms with Crippen LogP contribution in [0.2, 0.25) is 5.02 Å². The van der Waals surface area contributed by atoms with Gasteiger partial charge in [-0.1, -0.05) is 23.7 Å². The van der Waals surface area contributed by atoms with Crippen molar-refractivity contribution < 1.29 is 9.13 Å². The van der Waals surface area contributed by atoms with Gasteiger partial charge in [0, 0.05) is 17.1 Å². The van der Waals surface area contributed by atoms with E-state index in [0.717, 1.165) is 5.56 Å². The third-order valence-corrected chi connectivity index (χ3v) is 2.85. The Kier molecular flexibility index (Phi) is 3.84. The Bertz CT molecular complexity index is 572. The molecule has 0 aliphatic carbocycles. The first-order valence-corrected chi connectivity index (χ1v) is 5.91. The van der Waals surface area contributed by atoms with E-state index in [9.17, 15) is 4.39 Å². The molecule has 2 rings (SSSR count). The van der Waals surface area contributed by atoms with E-state index in [1.807, 2.05) is 6.92 Å². The SMILES string of the molecule is Cc1cc(Cl)ccc1Oc1c(F)cccc1CN. The van der Waals surface area contributed by atoms with Crippen molar-refractivity contribution in [3.05, 3.63) is 58.4 Å². The molecule has 2 aromatic rings. The van der Waals surface area contributed by atoms with E-state index in [0.29, 0.717) is 16.3 Å². The summed E-state index contributed by atoms with van der Waals surface area (Å²) in [6.07, 6.45) is 0. The number of halogens is 2. The molecule has 0 saturated carbocycles. The number of rotatable bonds is 3. The van der Waals surface area contributed by atoms with Gasteiger partial charge in [0.1, 0.15) is 5.75 Å². The molecule has 18 heavy (non-hydrogen) atoms. The molecule has 0 fully saturated rings. The van der Waals surface area contributed by atoms with Gasteiger partial charge in [-0.25, -0.2) is 4.39 Å². The first-order valence-electron chi connectivity index (χ1n) is 5.53. The van der Waals surface area contributed by atoms with Crippen molar-refractivity contribution in [2.75, 3.05) is 0 Å². The minimum Gasteiger partial charge on any atom is -0.454 e. The second-order valence-electron chi connectivity index (χ2n) is 3.94. The van der Waals surface area contributed by atoms with Gasteiger partial charge in [0.15, 0.2) is 11.6 Å². The molecule has 0 spiro atoms. The molecule has 0 aliphatic heterocycles. The molecule has 0 saturated heterocycles. The molecule has 0 bridgehead atoms. The minimum absolute atomic E-state index is 0.172. The third-order valence-electron chi connectivity index (χ3n) is 2.62. The fourth-order valence-corrected chi connectivity index (χ4v) is 1.89. The van der Waals surface area contributed by atoms with Gasteiger partial charge >= 0.3 is 0 Å². The normalized spacial score (nSPS) is 10.4. The zero-order valence-corrected chi connectivity index (χ0v) is 10.7. The third kappa shape index (κ3) is 2.63. The standard InChI is InChI=1S/C14H13ClFNO/c1-9-7-11(15)5-6-13(9)18-14-10(8-17)3-2-4-12(14)16/h2-7H,8,17H2,1H3. The lowest BCUT2D eigenvalue weighted by atomic mass is 10.2. The molecule has 0 atom stereocenters. The van der Waals surface area contributed by atoms with E-state index in [-0.39, 0.29) is 12.3 Å². The van der Waals surface area contributed by atoms with E-state index >= 15 is 0 Å². The Labute approximate surface area is 110 Å². The number of benzene rings is 2. The van der Waals surface area contributed by atoms with Crippen LogP contribution in [-0.4, -0.2) is 0 Å². The second-order valence-corrected chi connectivity index (χ2v) is 4.38. The number of hydrogen-bond donors (Lipinski definition) is 1. The molecule has 2 aromatic carbocycles. The number of para-hydroxylation sites is 1. The van der Waals surface area contributed by atoms with Gasteiger partial charge in [-0.3, -0.25) is 0 Å². The molecule has 2 N–H and O–H groups in total. The van der Waals surface area contributed by atoms with Gasteiger partial charge in [0.2, 0.25) is 0 Å². The van der Waals surface area contributed by atoms with Crippen LogP contribution in [0.15, 0.2) is 36.4 Å². The zero-order valence-electron chi connectivity index (χ0n) is 9.91. The molecule has 94 valence electrons. The highest BCUT2D eigenvalue weighted by Gasteiger charge is 2.11. The fraction of sp³-hybridized carbons (Fsp3) is 0.143. The van der Waals surface area contributed by atoms with Crippen molar-refractivity contribution in [3.63, 3.8) is 0 Å². The van der Waals surface area contributed by atoms with Gasteiger partial charge in [-0.05, 0) is 36.8 Å². The van der Waals surface area contributed by atoms with Gasteiger partial charge in [0.25, 0.3) is 0 Å². The van der Waals surface area contributed by atoms with Gasteiger partial charge in [0.05, 0.1) is 0 Å². The number of hydrogen-bond acceptors (Lipinski definition) is 2. The summed E-state index contributed by atoms with van der Waals surface area (Å²) in [7, 11) is 0. The van der Waals surface area contributed by atoms with Crippen molar-refractivity contribution in [1.82, 2.24) is 0 Å². The monoisotopic (exact) mass is 265 g/mol. The van der Waals surface area contributed by atoms with Crippen LogP contribution in [0, 0.1) is 12.7 Å². The molecule has 4 heteroatoms. The predicted molar refractivity (Wildman–Crippen MR) is 70.6 cm³/mol. The van der Waals surface area contributed by atoms with Gasteiger partial charge < -0.3 is 10.5 Å². The summed E-state index contributed by atoms with van der Waals surface area (Å²) in [6.45, 7) is 2.07.